The van der Waals surface area contributed by atoms with Gasteiger partial charge in [0.1, 0.15) is 11.6 Å². The highest BCUT2D eigenvalue weighted by atomic mass is 35.5. The molecule has 1 fully saturated rings. The van der Waals surface area contributed by atoms with Crippen LogP contribution in [0, 0.1) is 0 Å². The molecule has 0 aliphatic carbocycles. The lowest BCUT2D eigenvalue weighted by Gasteiger charge is -2.20. The predicted molar refractivity (Wildman–Crippen MR) is 111 cm³/mol. The number of guanidine groups is 1. The number of nitrogens with one attached hydrogen (secondary N) is 2. The second-order valence-electron chi connectivity index (χ2n) is 6.49. The molecular formula is C20H26ClN5O. The summed E-state index contributed by atoms with van der Waals surface area (Å²) in [5.74, 6) is 2.55. The molecule has 2 N–H and O–H groups in total. The first-order valence-corrected chi connectivity index (χ1v) is 9.53. The van der Waals surface area contributed by atoms with Crippen LogP contribution in [-0.4, -0.2) is 50.8 Å². The lowest BCUT2D eigenvalue weighted by molar-refractivity contribution is 0.414. The minimum Gasteiger partial charge on any atom is -0.497 e. The van der Waals surface area contributed by atoms with Crippen molar-refractivity contribution in [3.63, 3.8) is 0 Å². The average molecular weight is 388 g/mol. The fourth-order valence-corrected chi connectivity index (χ4v) is 3.46. The molecule has 0 amide bonds. The Balaban J connectivity index is 1.47. The summed E-state index contributed by atoms with van der Waals surface area (Å²) in [6.07, 6.45) is 3.70. The molecule has 7 heteroatoms. The van der Waals surface area contributed by atoms with Gasteiger partial charge in [-0.1, -0.05) is 23.7 Å². The Morgan fingerprint density at radius 3 is 3.04 bits per heavy atom. The maximum absolute atomic E-state index is 6.26. The summed E-state index contributed by atoms with van der Waals surface area (Å²) in [6, 6.07) is 12.2. The number of pyridine rings is 1. The number of rotatable bonds is 6. The first-order chi connectivity index (χ1) is 13.2. The van der Waals surface area contributed by atoms with E-state index in [1.165, 1.54) is 5.56 Å². The molecule has 2 heterocycles. The number of methoxy groups -OCH3 is 1. The van der Waals surface area contributed by atoms with E-state index in [0.717, 1.165) is 50.0 Å². The van der Waals surface area contributed by atoms with E-state index in [-0.39, 0.29) is 0 Å². The third-order valence-corrected chi connectivity index (χ3v) is 4.93. The highest BCUT2D eigenvalue weighted by Gasteiger charge is 2.25. The molecule has 27 heavy (non-hydrogen) atoms. The minimum atomic E-state index is 0.311. The van der Waals surface area contributed by atoms with E-state index in [1.807, 2.05) is 24.3 Å². The quantitative estimate of drug-likeness (QED) is 0.589. The number of halogens is 1. The molecule has 0 spiro atoms. The van der Waals surface area contributed by atoms with Crippen molar-refractivity contribution in [3.8, 4) is 5.75 Å². The maximum Gasteiger partial charge on any atom is 0.191 e. The van der Waals surface area contributed by atoms with Gasteiger partial charge >= 0.3 is 0 Å². The Hall–Kier alpha value is -2.47. The Labute approximate surface area is 165 Å². The first-order valence-electron chi connectivity index (χ1n) is 9.15. The first kappa shape index (κ1) is 19.3. The monoisotopic (exact) mass is 387 g/mol. The van der Waals surface area contributed by atoms with E-state index in [4.69, 9.17) is 16.3 Å². The largest absolute Gasteiger partial charge is 0.497 e. The van der Waals surface area contributed by atoms with Gasteiger partial charge in [0.05, 0.1) is 12.1 Å². The van der Waals surface area contributed by atoms with E-state index in [0.29, 0.717) is 11.1 Å². The van der Waals surface area contributed by atoms with E-state index in [9.17, 15) is 0 Å². The Kier molecular flexibility index (Phi) is 6.76. The molecule has 1 aliphatic rings. The van der Waals surface area contributed by atoms with Crippen molar-refractivity contribution in [2.75, 3.05) is 38.7 Å². The molecule has 144 valence electrons. The number of ether oxygens (including phenoxy) is 1. The van der Waals surface area contributed by atoms with Crippen molar-refractivity contribution in [1.29, 1.82) is 0 Å². The van der Waals surface area contributed by atoms with Gasteiger partial charge in [0.15, 0.2) is 5.96 Å². The number of hydrogen-bond acceptors (Lipinski definition) is 4. The number of anilines is 1. The Bertz CT molecular complexity index is 782. The van der Waals surface area contributed by atoms with Crippen LogP contribution >= 0.6 is 11.6 Å². The number of benzene rings is 1. The van der Waals surface area contributed by atoms with Crippen molar-refractivity contribution in [3.05, 3.63) is 53.2 Å². The molecule has 0 bridgehead atoms. The third-order valence-electron chi connectivity index (χ3n) is 4.63. The SMILES string of the molecule is CN=C(NCCc1cccc(OC)c1)NC1CCN(c2ncccc2Cl)C1. The van der Waals surface area contributed by atoms with Crippen LogP contribution in [0.1, 0.15) is 12.0 Å². The maximum atomic E-state index is 6.26. The molecule has 1 aromatic heterocycles. The molecule has 0 radical (unpaired) electrons. The summed E-state index contributed by atoms with van der Waals surface area (Å²) in [5.41, 5.74) is 1.23. The van der Waals surface area contributed by atoms with Gasteiger partial charge in [0, 0.05) is 38.9 Å². The lowest BCUT2D eigenvalue weighted by atomic mass is 10.1. The average Bonchev–Trinajstić information content (AvgIpc) is 3.16. The molecule has 1 saturated heterocycles. The van der Waals surface area contributed by atoms with Crippen LogP contribution < -0.4 is 20.3 Å². The molecule has 6 nitrogen and oxygen atoms in total. The molecule has 1 aliphatic heterocycles. The van der Waals surface area contributed by atoms with Gasteiger partial charge in [-0.25, -0.2) is 4.98 Å². The van der Waals surface area contributed by atoms with Crippen LogP contribution in [0.25, 0.3) is 0 Å². The second kappa shape index (κ2) is 9.46. The highest BCUT2D eigenvalue weighted by Crippen LogP contribution is 2.25. The summed E-state index contributed by atoms with van der Waals surface area (Å²) >= 11 is 6.26. The van der Waals surface area contributed by atoms with Crippen LogP contribution in [-0.2, 0) is 6.42 Å². The second-order valence-corrected chi connectivity index (χ2v) is 6.89. The van der Waals surface area contributed by atoms with E-state index >= 15 is 0 Å². The number of hydrogen-bond donors (Lipinski definition) is 2. The number of aliphatic imine (C=N–C) groups is 1. The summed E-state index contributed by atoms with van der Waals surface area (Å²) in [6.45, 7) is 2.58. The van der Waals surface area contributed by atoms with Crippen molar-refractivity contribution < 1.29 is 4.74 Å². The zero-order chi connectivity index (χ0) is 19.1. The number of nitrogens with zero attached hydrogens (tertiary/aromatic N) is 3. The minimum absolute atomic E-state index is 0.311. The molecule has 1 atom stereocenters. The smallest absolute Gasteiger partial charge is 0.191 e. The van der Waals surface area contributed by atoms with Gasteiger partial charge in [-0.05, 0) is 42.7 Å². The summed E-state index contributed by atoms with van der Waals surface area (Å²) in [5, 5.41) is 7.57. The zero-order valence-corrected chi connectivity index (χ0v) is 16.5. The lowest BCUT2D eigenvalue weighted by Crippen LogP contribution is -2.45. The van der Waals surface area contributed by atoms with Gasteiger partial charge in [-0.2, -0.15) is 0 Å². The van der Waals surface area contributed by atoms with Gasteiger partial charge in [-0.15, -0.1) is 0 Å². The van der Waals surface area contributed by atoms with Crippen LogP contribution in [0.4, 0.5) is 5.82 Å². The van der Waals surface area contributed by atoms with Crippen molar-refractivity contribution in [2.45, 2.75) is 18.9 Å². The summed E-state index contributed by atoms with van der Waals surface area (Å²) in [4.78, 5) is 11.0. The Morgan fingerprint density at radius 2 is 2.26 bits per heavy atom. The molecule has 0 saturated carbocycles. The predicted octanol–water partition coefficient (Wildman–Crippen LogP) is 2.73. The van der Waals surface area contributed by atoms with Gasteiger partial charge in [-0.3, -0.25) is 4.99 Å². The highest BCUT2D eigenvalue weighted by molar-refractivity contribution is 6.32. The van der Waals surface area contributed by atoms with E-state index < -0.39 is 0 Å². The summed E-state index contributed by atoms with van der Waals surface area (Å²) < 4.78 is 5.27. The zero-order valence-electron chi connectivity index (χ0n) is 15.8. The van der Waals surface area contributed by atoms with Crippen molar-refractivity contribution in [2.24, 2.45) is 4.99 Å². The topological polar surface area (TPSA) is 61.8 Å². The van der Waals surface area contributed by atoms with Crippen molar-refractivity contribution in [1.82, 2.24) is 15.6 Å². The molecule has 1 unspecified atom stereocenters. The van der Waals surface area contributed by atoms with Gasteiger partial charge in [0.25, 0.3) is 0 Å². The van der Waals surface area contributed by atoms with E-state index in [1.54, 1.807) is 20.4 Å². The molecule has 2 aromatic rings. The molecular weight excluding hydrogens is 362 g/mol. The van der Waals surface area contributed by atoms with Crippen LogP contribution in [0.3, 0.4) is 0 Å². The van der Waals surface area contributed by atoms with Crippen LogP contribution in [0.15, 0.2) is 47.6 Å². The molecule has 3 rings (SSSR count). The van der Waals surface area contributed by atoms with Gasteiger partial charge < -0.3 is 20.3 Å². The standard InChI is InChI=1S/C20H26ClN5O/c1-22-20(24-11-8-15-5-3-6-17(13-15)27-2)25-16-9-12-26(14-16)19-18(21)7-4-10-23-19/h3-7,10,13,16H,8-9,11-12,14H2,1-2H3,(H2,22,24,25). The fourth-order valence-electron chi connectivity index (χ4n) is 3.22. The Morgan fingerprint density at radius 1 is 1.37 bits per heavy atom. The van der Waals surface area contributed by atoms with Gasteiger partial charge in [0.2, 0.25) is 0 Å². The van der Waals surface area contributed by atoms with Crippen molar-refractivity contribution >= 4 is 23.4 Å². The van der Waals surface area contributed by atoms with E-state index in [2.05, 4.69) is 37.6 Å². The van der Waals surface area contributed by atoms with Crippen LogP contribution in [0.5, 0.6) is 5.75 Å². The fraction of sp³-hybridized carbons (Fsp3) is 0.400. The summed E-state index contributed by atoms with van der Waals surface area (Å²) in [7, 11) is 3.48. The normalized spacial score (nSPS) is 17.1. The van der Waals surface area contributed by atoms with Crippen LogP contribution in [0.2, 0.25) is 5.02 Å². The number of aromatic nitrogens is 1. The third kappa shape index (κ3) is 5.26. The molecule has 1 aromatic carbocycles.